The minimum Gasteiger partial charge on any atom is -0.493 e. The van der Waals surface area contributed by atoms with Gasteiger partial charge in [-0.15, -0.1) is 0 Å². The van der Waals surface area contributed by atoms with Crippen LogP contribution in [0.25, 0.3) is 0 Å². The first-order valence-corrected chi connectivity index (χ1v) is 5.50. The highest BCUT2D eigenvalue weighted by Crippen LogP contribution is 2.21. The number of benzene rings is 1. The first-order chi connectivity index (χ1) is 8.10. The molecule has 1 aromatic rings. The summed E-state index contributed by atoms with van der Waals surface area (Å²) in [6, 6.07) is 4.96. The van der Waals surface area contributed by atoms with E-state index in [1.54, 1.807) is 25.1 Å². The maximum atomic E-state index is 11.4. The van der Waals surface area contributed by atoms with Gasteiger partial charge >= 0.3 is 5.97 Å². The lowest BCUT2D eigenvalue weighted by Crippen LogP contribution is -2.06. The van der Waals surface area contributed by atoms with Gasteiger partial charge in [0.2, 0.25) is 0 Å². The van der Waals surface area contributed by atoms with Crippen molar-refractivity contribution in [2.45, 2.75) is 20.3 Å². The zero-order valence-corrected chi connectivity index (χ0v) is 10.4. The van der Waals surface area contributed by atoms with E-state index >= 15 is 0 Å². The van der Waals surface area contributed by atoms with Crippen LogP contribution >= 0.6 is 0 Å². The second-order valence-corrected chi connectivity index (χ2v) is 3.68. The molecule has 17 heavy (non-hydrogen) atoms. The van der Waals surface area contributed by atoms with Crippen LogP contribution in [-0.2, 0) is 4.74 Å². The van der Waals surface area contributed by atoms with Gasteiger partial charge in [-0.25, -0.2) is 4.79 Å². The second kappa shape index (κ2) is 6.03. The van der Waals surface area contributed by atoms with Crippen LogP contribution in [0, 0.1) is 5.41 Å². The summed E-state index contributed by atoms with van der Waals surface area (Å²) >= 11 is 0. The largest absolute Gasteiger partial charge is 0.493 e. The van der Waals surface area contributed by atoms with E-state index in [2.05, 4.69) is 4.74 Å². The lowest BCUT2D eigenvalue weighted by molar-refractivity contribution is 0.0600. The average molecular weight is 235 g/mol. The summed E-state index contributed by atoms with van der Waals surface area (Å²) in [6.45, 7) is 4.25. The van der Waals surface area contributed by atoms with Gasteiger partial charge in [0, 0.05) is 11.3 Å². The molecule has 0 atom stereocenters. The van der Waals surface area contributed by atoms with Crippen LogP contribution in [0.1, 0.15) is 36.2 Å². The molecule has 0 aliphatic carbocycles. The first kappa shape index (κ1) is 13.2. The fraction of sp³-hybridized carbons (Fsp3) is 0.385. The van der Waals surface area contributed by atoms with Crippen molar-refractivity contribution < 1.29 is 14.3 Å². The normalized spacial score (nSPS) is 9.82. The highest BCUT2D eigenvalue weighted by atomic mass is 16.5. The van der Waals surface area contributed by atoms with Gasteiger partial charge in [-0.3, -0.25) is 0 Å². The summed E-state index contributed by atoms with van der Waals surface area (Å²) in [5, 5.41) is 7.64. The van der Waals surface area contributed by atoms with E-state index in [1.165, 1.54) is 7.11 Å². The Hall–Kier alpha value is -1.84. The van der Waals surface area contributed by atoms with E-state index in [9.17, 15) is 4.79 Å². The van der Waals surface area contributed by atoms with Crippen LogP contribution in [0.4, 0.5) is 0 Å². The highest BCUT2D eigenvalue weighted by molar-refractivity contribution is 6.00. The van der Waals surface area contributed by atoms with Crippen molar-refractivity contribution in [2.24, 2.45) is 0 Å². The molecule has 0 aliphatic rings. The van der Waals surface area contributed by atoms with Gasteiger partial charge in [0.05, 0.1) is 19.3 Å². The molecule has 1 aromatic carbocycles. The topological polar surface area (TPSA) is 59.4 Å². The van der Waals surface area contributed by atoms with Crippen molar-refractivity contribution in [3.63, 3.8) is 0 Å². The Bertz CT molecular complexity index is 427. The third-order valence-corrected chi connectivity index (χ3v) is 2.27. The number of esters is 1. The molecule has 0 aliphatic heterocycles. The number of nitrogens with one attached hydrogen (secondary N) is 1. The van der Waals surface area contributed by atoms with Crippen LogP contribution in [0.2, 0.25) is 0 Å². The predicted molar refractivity (Wildman–Crippen MR) is 66.1 cm³/mol. The van der Waals surface area contributed by atoms with E-state index in [-0.39, 0.29) is 0 Å². The minimum atomic E-state index is -0.402. The van der Waals surface area contributed by atoms with Crippen molar-refractivity contribution in [3.05, 3.63) is 29.3 Å². The molecule has 0 fully saturated rings. The fourth-order valence-corrected chi connectivity index (χ4v) is 1.41. The quantitative estimate of drug-likeness (QED) is 0.630. The van der Waals surface area contributed by atoms with Crippen LogP contribution in [0.3, 0.4) is 0 Å². The van der Waals surface area contributed by atoms with Crippen molar-refractivity contribution in [3.8, 4) is 5.75 Å². The molecule has 0 saturated heterocycles. The number of carbonyl (C=O) groups excluding carboxylic acids is 1. The molecule has 4 heteroatoms. The Morgan fingerprint density at radius 3 is 2.65 bits per heavy atom. The molecule has 1 N–H and O–H groups in total. The molecule has 4 nitrogen and oxygen atoms in total. The lowest BCUT2D eigenvalue weighted by atomic mass is 10.1. The molecule has 0 amide bonds. The Kier molecular flexibility index (Phi) is 4.69. The number of methoxy groups -OCH3 is 1. The Labute approximate surface area is 101 Å². The van der Waals surface area contributed by atoms with E-state index < -0.39 is 5.97 Å². The monoisotopic (exact) mass is 235 g/mol. The van der Waals surface area contributed by atoms with Gasteiger partial charge in [0.1, 0.15) is 5.75 Å². The summed E-state index contributed by atoms with van der Waals surface area (Å²) < 4.78 is 10.2. The number of hydrogen-bond donors (Lipinski definition) is 1. The molecule has 0 saturated carbocycles. The van der Waals surface area contributed by atoms with Crippen LogP contribution in [0.5, 0.6) is 5.75 Å². The molecular weight excluding hydrogens is 218 g/mol. The first-order valence-electron chi connectivity index (χ1n) is 5.50. The summed E-state index contributed by atoms with van der Waals surface area (Å²) in [7, 11) is 1.34. The van der Waals surface area contributed by atoms with Crippen LogP contribution < -0.4 is 4.74 Å². The SMILES string of the molecule is CCCOc1cc(C(=O)OC)ccc1C(C)=N. The average Bonchev–Trinajstić information content (AvgIpc) is 2.34. The van der Waals surface area contributed by atoms with Crippen molar-refractivity contribution in [1.82, 2.24) is 0 Å². The van der Waals surface area contributed by atoms with E-state index in [0.717, 1.165) is 6.42 Å². The maximum absolute atomic E-state index is 11.4. The highest BCUT2D eigenvalue weighted by Gasteiger charge is 2.11. The zero-order valence-electron chi connectivity index (χ0n) is 10.4. The molecule has 0 heterocycles. The third kappa shape index (κ3) is 3.31. The lowest BCUT2D eigenvalue weighted by Gasteiger charge is -2.11. The van der Waals surface area contributed by atoms with E-state index in [1.807, 2.05) is 6.92 Å². The smallest absolute Gasteiger partial charge is 0.337 e. The minimum absolute atomic E-state index is 0.402. The number of rotatable bonds is 5. The third-order valence-electron chi connectivity index (χ3n) is 2.27. The second-order valence-electron chi connectivity index (χ2n) is 3.68. The number of carbonyl (C=O) groups is 1. The van der Waals surface area contributed by atoms with Crippen molar-refractivity contribution in [1.29, 1.82) is 5.41 Å². The van der Waals surface area contributed by atoms with Crippen molar-refractivity contribution >= 4 is 11.7 Å². The Morgan fingerprint density at radius 1 is 1.41 bits per heavy atom. The summed E-state index contributed by atoms with van der Waals surface area (Å²) in [6.07, 6.45) is 0.874. The van der Waals surface area contributed by atoms with Crippen LogP contribution in [-0.4, -0.2) is 25.4 Å². The van der Waals surface area contributed by atoms with Gasteiger partial charge in [0.25, 0.3) is 0 Å². The van der Waals surface area contributed by atoms with Gasteiger partial charge in [0.15, 0.2) is 0 Å². The predicted octanol–water partition coefficient (Wildman–Crippen LogP) is 2.65. The Morgan fingerprint density at radius 2 is 2.12 bits per heavy atom. The van der Waals surface area contributed by atoms with Gasteiger partial charge < -0.3 is 14.9 Å². The number of hydrogen-bond acceptors (Lipinski definition) is 4. The Balaban J connectivity index is 3.09. The van der Waals surface area contributed by atoms with E-state index in [4.69, 9.17) is 10.1 Å². The molecule has 0 unspecified atom stereocenters. The standard InChI is InChI=1S/C13H17NO3/c1-4-7-17-12-8-10(13(15)16-3)5-6-11(12)9(2)14/h5-6,8,14H,4,7H2,1-3H3. The van der Waals surface area contributed by atoms with Crippen LogP contribution in [0.15, 0.2) is 18.2 Å². The summed E-state index contributed by atoms with van der Waals surface area (Å²) in [5.74, 6) is 0.155. The number of ether oxygens (including phenoxy) is 2. The molecule has 92 valence electrons. The molecule has 0 spiro atoms. The maximum Gasteiger partial charge on any atom is 0.337 e. The molecule has 0 aromatic heterocycles. The molecule has 0 radical (unpaired) electrons. The van der Waals surface area contributed by atoms with E-state index in [0.29, 0.717) is 29.2 Å². The van der Waals surface area contributed by atoms with Gasteiger partial charge in [-0.2, -0.15) is 0 Å². The van der Waals surface area contributed by atoms with Gasteiger partial charge in [-0.05, 0) is 31.5 Å². The summed E-state index contributed by atoms with van der Waals surface area (Å²) in [4.78, 5) is 11.4. The molecule has 0 bridgehead atoms. The molecular formula is C13H17NO3. The zero-order chi connectivity index (χ0) is 12.8. The van der Waals surface area contributed by atoms with Gasteiger partial charge in [-0.1, -0.05) is 6.92 Å². The summed E-state index contributed by atoms with van der Waals surface area (Å²) in [5.41, 5.74) is 1.54. The van der Waals surface area contributed by atoms with Crippen molar-refractivity contribution in [2.75, 3.05) is 13.7 Å². The fourth-order valence-electron chi connectivity index (χ4n) is 1.41. The molecule has 1 rings (SSSR count).